The van der Waals surface area contributed by atoms with Crippen LogP contribution in [0.5, 0.6) is 5.75 Å². The Balaban J connectivity index is 1.84. The van der Waals surface area contributed by atoms with Gasteiger partial charge in [0.1, 0.15) is 28.7 Å². The summed E-state index contributed by atoms with van der Waals surface area (Å²) in [6, 6.07) is 0.111. The summed E-state index contributed by atoms with van der Waals surface area (Å²) in [4.78, 5) is 42.7. The summed E-state index contributed by atoms with van der Waals surface area (Å²) in [5, 5.41) is 44.8. The predicted molar refractivity (Wildman–Crippen MR) is 149 cm³/mol. The SMILES string of the molecule is CCCN(Cc1cc(O)c2c(c1F)C[C@H]1C[C@H]3[C@H](N(C)C)C(O)=C(C(N)=O)C(=O)[C@@]3(O)C(O)=C1C2=O)CC(C)(C)C. The van der Waals surface area contributed by atoms with Gasteiger partial charge in [-0.25, -0.2) is 4.39 Å². The molecule has 0 aliphatic heterocycles. The third-order valence-electron chi connectivity index (χ3n) is 8.36. The monoisotopic (exact) mass is 573 g/mol. The van der Waals surface area contributed by atoms with Gasteiger partial charge in [0.2, 0.25) is 5.78 Å². The summed E-state index contributed by atoms with van der Waals surface area (Å²) in [5.74, 6) is -8.21. The van der Waals surface area contributed by atoms with Gasteiger partial charge in [-0.05, 0) is 57.3 Å². The standard InChI is InChI=1S/C30H40FN3O7/c1-7-8-34(13-29(2,3)4)12-15-11-18(35)20-16(22(15)31)9-14-10-17-23(33(5)6)25(37)21(28(32)40)27(39)30(17,41)26(38)19(14)24(20)36/h11,14,17,23,35,37-38,41H,7-10,12-13H2,1-6H3,(H2,32,40)/t14-,17-,23-,30-/m0/s1. The maximum Gasteiger partial charge on any atom is 0.255 e. The minimum Gasteiger partial charge on any atom is -0.510 e. The van der Waals surface area contributed by atoms with E-state index in [4.69, 9.17) is 5.73 Å². The van der Waals surface area contributed by atoms with Gasteiger partial charge >= 0.3 is 0 Å². The van der Waals surface area contributed by atoms with Gasteiger partial charge in [-0.3, -0.25) is 24.2 Å². The highest BCUT2D eigenvalue weighted by Crippen LogP contribution is 2.52. The average molecular weight is 574 g/mol. The minimum absolute atomic E-state index is 0.00493. The lowest BCUT2D eigenvalue weighted by molar-refractivity contribution is -0.148. The number of phenols is 1. The van der Waals surface area contributed by atoms with Gasteiger partial charge in [0.05, 0.1) is 11.6 Å². The topological polar surface area (TPSA) is 165 Å². The number of primary amides is 1. The lowest BCUT2D eigenvalue weighted by Gasteiger charge is -2.50. The normalized spacial score (nSPS) is 26.4. The van der Waals surface area contributed by atoms with Crippen molar-refractivity contribution in [2.75, 3.05) is 27.2 Å². The van der Waals surface area contributed by atoms with Gasteiger partial charge in [-0.15, -0.1) is 0 Å². The predicted octanol–water partition coefficient (Wildman–Crippen LogP) is 2.52. The number of aliphatic hydroxyl groups excluding tert-OH is 2. The zero-order valence-corrected chi connectivity index (χ0v) is 24.4. The van der Waals surface area contributed by atoms with Crippen molar-refractivity contribution in [3.05, 3.63) is 51.2 Å². The minimum atomic E-state index is -2.73. The van der Waals surface area contributed by atoms with E-state index in [1.165, 1.54) is 11.0 Å². The Hall–Kier alpha value is -3.28. The van der Waals surface area contributed by atoms with E-state index in [2.05, 4.69) is 25.7 Å². The summed E-state index contributed by atoms with van der Waals surface area (Å²) in [6.45, 7) is 9.88. The lowest BCUT2D eigenvalue weighted by Crippen LogP contribution is -2.63. The first-order valence-corrected chi connectivity index (χ1v) is 13.9. The number of aliphatic hydroxyl groups is 3. The van der Waals surface area contributed by atoms with Gasteiger partial charge in [0.15, 0.2) is 11.4 Å². The summed E-state index contributed by atoms with van der Waals surface area (Å²) in [7, 11) is 3.11. The number of benzene rings is 1. The Morgan fingerprint density at radius 2 is 1.83 bits per heavy atom. The Bertz CT molecular complexity index is 1380. The molecule has 41 heavy (non-hydrogen) atoms. The van der Waals surface area contributed by atoms with Crippen molar-refractivity contribution < 1.29 is 39.2 Å². The molecule has 4 atom stereocenters. The van der Waals surface area contributed by atoms with E-state index >= 15 is 4.39 Å². The molecule has 10 nitrogen and oxygen atoms in total. The van der Waals surface area contributed by atoms with E-state index in [-0.39, 0.29) is 47.1 Å². The molecule has 0 unspecified atom stereocenters. The summed E-state index contributed by atoms with van der Waals surface area (Å²) in [5.41, 5.74) is 1.29. The number of Topliss-reactive ketones (excluding diaryl/α,β-unsaturated/α-hetero) is 2. The van der Waals surface area contributed by atoms with Crippen molar-refractivity contribution in [2.24, 2.45) is 23.0 Å². The molecule has 0 radical (unpaired) electrons. The van der Waals surface area contributed by atoms with E-state index in [1.54, 1.807) is 14.1 Å². The van der Waals surface area contributed by atoms with Crippen LogP contribution in [0.4, 0.5) is 4.39 Å². The molecule has 3 aliphatic rings. The van der Waals surface area contributed by atoms with Crippen molar-refractivity contribution >= 4 is 17.5 Å². The summed E-state index contributed by atoms with van der Waals surface area (Å²) in [6.07, 6.45) is 0.661. The number of phenolic OH excluding ortho intramolecular Hbond substituents is 1. The van der Waals surface area contributed by atoms with E-state index in [0.717, 1.165) is 6.42 Å². The maximum absolute atomic E-state index is 16.1. The third kappa shape index (κ3) is 4.93. The van der Waals surface area contributed by atoms with Crippen molar-refractivity contribution in [2.45, 2.75) is 65.1 Å². The van der Waals surface area contributed by atoms with Crippen molar-refractivity contribution in [3.8, 4) is 5.75 Å². The van der Waals surface area contributed by atoms with Crippen LogP contribution in [0.25, 0.3) is 0 Å². The number of nitrogens with zero attached hydrogens (tertiary/aromatic N) is 2. The Kier molecular flexibility index (Phi) is 7.87. The fourth-order valence-corrected chi connectivity index (χ4v) is 6.91. The molecule has 0 bridgehead atoms. The number of ketones is 2. The van der Waals surface area contributed by atoms with Crippen LogP contribution in [0.2, 0.25) is 0 Å². The Labute approximate surface area is 238 Å². The number of carbonyl (C=O) groups is 3. The van der Waals surface area contributed by atoms with Crippen LogP contribution in [0.1, 0.15) is 62.0 Å². The van der Waals surface area contributed by atoms with Crippen LogP contribution in [-0.2, 0) is 22.6 Å². The Morgan fingerprint density at radius 3 is 2.37 bits per heavy atom. The molecule has 0 fully saturated rings. The highest BCUT2D eigenvalue weighted by molar-refractivity contribution is 6.24. The van der Waals surface area contributed by atoms with Gasteiger partial charge in [-0.2, -0.15) is 0 Å². The number of hydrogen-bond donors (Lipinski definition) is 5. The summed E-state index contributed by atoms with van der Waals surface area (Å²) < 4.78 is 16.1. The fraction of sp³-hybridized carbons (Fsp3) is 0.567. The van der Waals surface area contributed by atoms with Crippen LogP contribution >= 0.6 is 0 Å². The second-order valence-electron chi connectivity index (χ2n) is 13.0. The number of likely N-dealkylation sites (N-methyl/N-ethyl adjacent to an activating group) is 1. The summed E-state index contributed by atoms with van der Waals surface area (Å²) >= 11 is 0. The molecule has 0 saturated carbocycles. The maximum atomic E-state index is 16.1. The van der Waals surface area contributed by atoms with Gasteiger partial charge < -0.3 is 26.2 Å². The molecular weight excluding hydrogens is 533 g/mol. The smallest absolute Gasteiger partial charge is 0.255 e. The second-order valence-corrected chi connectivity index (χ2v) is 13.0. The number of amides is 1. The number of aromatic hydroxyl groups is 1. The van der Waals surface area contributed by atoms with Crippen LogP contribution in [-0.4, -0.2) is 86.5 Å². The van der Waals surface area contributed by atoms with E-state index in [0.29, 0.717) is 13.1 Å². The highest BCUT2D eigenvalue weighted by Gasteiger charge is 2.63. The zero-order chi connectivity index (χ0) is 30.8. The molecule has 4 rings (SSSR count). The quantitative estimate of drug-likeness (QED) is 0.308. The zero-order valence-electron chi connectivity index (χ0n) is 24.4. The number of hydrogen-bond acceptors (Lipinski definition) is 9. The molecule has 1 aromatic carbocycles. The molecule has 224 valence electrons. The van der Waals surface area contributed by atoms with E-state index in [1.807, 2.05) is 6.92 Å². The first-order chi connectivity index (χ1) is 18.9. The lowest BCUT2D eigenvalue weighted by atomic mass is 9.58. The molecule has 1 amide bonds. The van der Waals surface area contributed by atoms with Gasteiger partial charge in [0, 0.05) is 35.7 Å². The van der Waals surface area contributed by atoms with Crippen molar-refractivity contribution in [1.82, 2.24) is 9.80 Å². The fourth-order valence-electron chi connectivity index (χ4n) is 6.91. The average Bonchev–Trinajstić information content (AvgIpc) is 2.83. The molecule has 1 aromatic rings. The van der Waals surface area contributed by atoms with E-state index in [9.17, 15) is 34.8 Å². The largest absolute Gasteiger partial charge is 0.510 e. The molecule has 0 heterocycles. The number of nitrogens with two attached hydrogens (primary N) is 1. The molecule has 3 aliphatic carbocycles. The highest BCUT2D eigenvalue weighted by atomic mass is 19.1. The second kappa shape index (κ2) is 10.5. The number of rotatable bonds is 7. The molecular formula is C30H40FN3O7. The van der Waals surface area contributed by atoms with Gasteiger partial charge in [0.25, 0.3) is 5.91 Å². The van der Waals surface area contributed by atoms with Crippen LogP contribution in [0, 0.1) is 23.1 Å². The van der Waals surface area contributed by atoms with E-state index < -0.39 is 69.6 Å². The van der Waals surface area contributed by atoms with Crippen LogP contribution < -0.4 is 5.73 Å². The number of fused-ring (bicyclic) bond motifs is 3. The number of halogens is 1. The number of allylic oxidation sites excluding steroid dienone is 1. The number of carbonyl (C=O) groups excluding carboxylic acids is 3. The first-order valence-electron chi connectivity index (χ1n) is 13.9. The molecule has 0 aromatic heterocycles. The first kappa shape index (κ1) is 30.7. The molecule has 6 N–H and O–H groups in total. The van der Waals surface area contributed by atoms with Crippen LogP contribution in [0.3, 0.4) is 0 Å². The van der Waals surface area contributed by atoms with Crippen molar-refractivity contribution in [1.29, 1.82) is 0 Å². The van der Waals surface area contributed by atoms with Crippen LogP contribution in [0.15, 0.2) is 28.7 Å². The third-order valence-corrected chi connectivity index (χ3v) is 8.36. The molecule has 11 heteroatoms. The van der Waals surface area contributed by atoms with Crippen molar-refractivity contribution in [3.63, 3.8) is 0 Å². The Morgan fingerprint density at radius 1 is 1.20 bits per heavy atom. The molecule has 0 spiro atoms. The molecule has 0 saturated heterocycles. The van der Waals surface area contributed by atoms with Gasteiger partial charge in [-0.1, -0.05) is 27.7 Å².